The van der Waals surface area contributed by atoms with Crippen molar-refractivity contribution < 1.29 is 0 Å². The van der Waals surface area contributed by atoms with Crippen molar-refractivity contribution in [2.45, 2.75) is 31.3 Å². The Morgan fingerprint density at radius 2 is 1.75 bits per heavy atom. The summed E-state index contributed by atoms with van der Waals surface area (Å²) in [6, 6.07) is 9.55. The van der Waals surface area contributed by atoms with E-state index >= 15 is 0 Å². The Bertz CT molecular complexity index is 1200. The second-order valence-electron chi connectivity index (χ2n) is 8.76. The molecule has 2 saturated heterocycles. The summed E-state index contributed by atoms with van der Waals surface area (Å²) in [5.74, 6) is 0.675. The number of piperidine rings is 1. The van der Waals surface area contributed by atoms with E-state index in [1.54, 1.807) is 0 Å². The van der Waals surface area contributed by atoms with Crippen LogP contribution in [0, 0.1) is 0 Å². The van der Waals surface area contributed by atoms with Crippen molar-refractivity contribution in [1.82, 2.24) is 34.9 Å². The fourth-order valence-electron chi connectivity index (χ4n) is 4.76. The van der Waals surface area contributed by atoms with E-state index in [4.69, 9.17) is 0 Å². The first-order valence-electron chi connectivity index (χ1n) is 11.5. The van der Waals surface area contributed by atoms with E-state index in [-0.39, 0.29) is 0 Å². The Morgan fingerprint density at radius 3 is 2.56 bits per heavy atom. The third kappa shape index (κ3) is 3.76. The molecule has 8 heteroatoms. The van der Waals surface area contributed by atoms with E-state index in [2.05, 4.69) is 70.7 Å². The predicted molar refractivity (Wildman–Crippen MR) is 126 cm³/mol. The van der Waals surface area contributed by atoms with E-state index in [1.807, 2.05) is 24.8 Å². The van der Waals surface area contributed by atoms with Crippen molar-refractivity contribution >= 4 is 16.6 Å². The lowest BCUT2D eigenvalue weighted by atomic mass is 10.1. The maximum absolute atomic E-state index is 4.68. The Labute approximate surface area is 187 Å². The van der Waals surface area contributed by atoms with Crippen LogP contribution in [0.1, 0.15) is 25.3 Å². The molecule has 1 atom stereocenters. The number of hydrogen-bond donors (Lipinski definition) is 3. The average Bonchev–Trinajstić information content (AvgIpc) is 3.61. The SMILES string of the molecule is c1cc2ccn(-c3ncc(-c4cnn(C5CCNCC5)c4)cn3)c2cc1NC1CCNC1. The quantitative estimate of drug-likeness (QED) is 0.453. The summed E-state index contributed by atoms with van der Waals surface area (Å²) < 4.78 is 4.15. The molecule has 0 amide bonds. The van der Waals surface area contributed by atoms with Crippen molar-refractivity contribution in [3.8, 4) is 17.1 Å². The van der Waals surface area contributed by atoms with Crippen LogP contribution in [0.4, 0.5) is 5.69 Å². The van der Waals surface area contributed by atoms with Crippen LogP contribution in [0.2, 0.25) is 0 Å². The number of aromatic nitrogens is 5. The number of hydrogen-bond acceptors (Lipinski definition) is 6. The van der Waals surface area contributed by atoms with Gasteiger partial charge in [-0.05, 0) is 57.1 Å². The zero-order valence-electron chi connectivity index (χ0n) is 18.0. The van der Waals surface area contributed by atoms with Gasteiger partial charge in [-0.3, -0.25) is 9.25 Å². The van der Waals surface area contributed by atoms with Crippen LogP contribution in [0.3, 0.4) is 0 Å². The summed E-state index contributed by atoms with van der Waals surface area (Å²) >= 11 is 0. The summed E-state index contributed by atoms with van der Waals surface area (Å²) in [5, 5.41) is 16.2. The fraction of sp³-hybridized carbons (Fsp3) is 0.375. The molecule has 6 rings (SSSR count). The lowest BCUT2D eigenvalue weighted by molar-refractivity contribution is 0.343. The number of rotatable bonds is 5. The van der Waals surface area contributed by atoms with E-state index in [0.29, 0.717) is 18.0 Å². The number of nitrogens with zero attached hydrogens (tertiary/aromatic N) is 5. The summed E-state index contributed by atoms with van der Waals surface area (Å²) in [6.07, 6.45) is 13.2. The minimum Gasteiger partial charge on any atom is -0.381 e. The number of anilines is 1. The van der Waals surface area contributed by atoms with Crippen molar-refractivity contribution in [2.24, 2.45) is 0 Å². The average molecular weight is 429 g/mol. The number of benzene rings is 1. The molecule has 1 aromatic carbocycles. The molecule has 164 valence electrons. The van der Waals surface area contributed by atoms with Crippen LogP contribution in [-0.4, -0.2) is 56.5 Å². The normalized spacial score (nSPS) is 19.6. The third-order valence-electron chi connectivity index (χ3n) is 6.60. The van der Waals surface area contributed by atoms with Crippen molar-refractivity contribution in [1.29, 1.82) is 0 Å². The molecule has 8 nitrogen and oxygen atoms in total. The Kier molecular flexibility index (Phi) is 5.09. The van der Waals surface area contributed by atoms with Gasteiger partial charge in [0.25, 0.3) is 0 Å². The minimum atomic E-state index is 0.472. The second kappa shape index (κ2) is 8.37. The van der Waals surface area contributed by atoms with E-state index in [0.717, 1.165) is 67.8 Å². The molecule has 0 bridgehead atoms. The zero-order valence-corrected chi connectivity index (χ0v) is 18.0. The Morgan fingerprint density at radius 1 is 0.906 bits per heavy atom. The molecule has 2 aliphatic rings. The molecule has 4 aromatic rings. The highest BCUT2D eigenvalue weighted by atomic mass is 15.3. The number of fused-ring (bicyclic) bond motifs is 1. The first-order valence-corrected chi connectivity index (χ1v) is 11.5. The molecule has 3 aromatic heterocycles. The molecule has 0 spiro atoms. The largest absolute Gasteiger partial charge is 0.381 e. The standard InChI is InChI=1S/C24H28N8/c1-2-20(30-21-3-7-26-15-21)11-23-17(1)6-10-31(23)24-27-12-18(13-28-24)19-14-29-32(16-19)22-4-8-25-9-5-22/h1-2,6,10-14,16,21-22,25-26,30H,3-5,7-9,15H2. The van der Waals surface area contributed by atoms with Crippen molar-refractivity contribution in [2.75, 3.05) is 31.5 Å². The van der Waals surface area contributed by atoms with Gasteiger partial charge in [-0.15, -0.1) is 0 Å². The maximum Gasteiger partial charge on any atom is 0.234 e. The molecule has 3 N–H and O–H groups in total. The lowest BCUT2D eigenvalue weighted by Crippen LogP contribution is -2.29. The molecule has 5 heterocycles. The first kappa shape index (κ1) is 19.5. The fourth-order valence-corrected chi connectivity index (χ4v) is 4.76. The van der Waals surface area contributed by atoms with Crippen LogP contribution in [-0.2, 0) is 0 Å². The highest BCUT2D eigenvalue weighted by Gasteiger charge is 2.17. The lowest BCUT2D eigenvalue weighted by Gasteiger charge is -2.22. The van der Waals surface area contributed by atoms with Crippen LogP contribution in [0.25, 0.3) is 28.0 Å². The summed E-state index contributed by atoms with van der Waals surface area (Å²) in [4.78, 5) is 9.35. The van der Waals surface area contributed by atoms with Gasteiger partial charge in [0.2, 0.25) is 5.95 Å². The van der Waals surface area contributed by atoms with E-state index in [9.17, 15) is 0 Å². The molecule has 32 heavy (non-hydrogen) atoms. The molecular formula is C24H28N8. The summed E-state index contributed by atoms with van der Waals surface area (Å²) in [6.45, 7) is 4.19. The topological polar surface area (TPSA) is 84.6 Å². The first-order chi connectivity index (χ1) is 15.8. The van der Waals surface area contributed by atoms with Gasteiger partial charge in [-0.2, -0.15) is 5.10 Å². The van der Waals surface area contributed by atoms with Gasteiger partial charge in [0, 0.05) is 59.6 Å². The van der Waals surface area contributed by atoms with Gasteiger partial charge in [-0.1, -0.05) is 6.07 Å². The van der Waals surface area contributed by atoms with Gasteiger partial charge < -0.3 is 16.0 Å². The number of nitrogens with one attached hydrogen (secondary N) is 3. The van der Waals surface area contributed by atoms with Crippen molar-refractivity contribution in [3.63, 3.8) is 0 Å². The van der Waals surface area contributed by atoms with Gasteiger partial charge >= 0.3 is 0 Å². The second-order valence-corrected chi connectivity index (χ2v) is 8.76. The van der Waals surface area contributed by atoms with Gasteiger partial charge in [0.1, 0.15) is 0 Å². The third-order valence-corrected chi connectivity index (χ3v) is 6.60. The minimum absolute atomic E-state index is 0.472. The van der Waals surface area contributed by atoms with E-state index in [1.165, 1.54) is 5.39 Å². The Balaban J connectivity index is 1.24. The molecule has 2 fully saturated rings. The molecule has 0 aliphatic carbocycles. The monoisotopic (exact) mass is 428 g/mol. The highest BCUT2D eigenvalue weighted by molar-refractivity contribution is 5.85. The Hall–Kier alpha value is -3.23. The zero-order chi connectivity index (χ0) is 21.3. The van der Waals surface area contributed by atoms with Gasteiger partial charge in [-0.25, -0.2) is 9.97 Å². The predicted octanol–water partition coefficient (Wildman–Crippen LogP) is 2.98. The van der Waals surface area contributed by atoms with Crippen LogP contribution >= 0.6 is 0 Å². The molecule has 0 radical (unpaired) electrons. The molecule has 2 aliphatic heterocycles. The summed E-state index contributed by atoms with van der Waals surface area (Å²) in [5.41, 5.74) is 4.28. The molecule has 1 unspecified atom stereocenters. The molecular weight excluding hydrogens is 400 g/mol. The summed E-state index contributed by atoms with van der Waals surface area (Å²) in [7, 11) is 0. The van der Waals surface area contributed by atoms with Crippen molar-refractivity contribution in [3.05, 3.63) is 55.2 Å². The smallest absolute Gasteiger partial charge is 0.234 e. The van der Waals surface area contributed by atoms with Crippen LogP contribution < -0.4 is 16.0 Å². The van der Waals surface area contributed by atoms with Gasteiger partial charge in [0.05, 0.1) is 17.8 Å². The molecule has 0 saturated carbocycles. The van der Waals surface area contributed by atoms with Crippen LogP contribution in [0.15, 0.2) is 55.2 Å². The highest BCUT2D eigenvalue weighted by Crippen LogP contribution is 2.25. The van der Waals surface area contributed by atoms with Gasteiger partial charge in [0.15, 0.2) is 0 Å². The van der Waals surface area contributed by atoms with E-state index < -0.39 is 0 Å². The van der Waals surface area contributed by atoms with Crippen LogP contribution in [0.5, 0.6) is 0 Å². The maximum atomic E-state index is 4.68.